The fourth-order valence-corrected chi connectivity index (χ4v) is 5.60. The molecule has 1 aromatic heterocycles. The van der Waals surface area contributed by atoms with Crippen LogP contribution in [0.15, 0.2) is 34.7 Å². The molecule has 2 saturated heterocycles. The third kappa shape index (κ3) is 4.67. The highest BCUT2D eigenvalue weighted by Gasteiger charge is 2.37. The number of rotatable bonds is 4. The Labute approximate surface area is 221 Å². The SMILES string of the molecule is Cc1c(C2CN3CCN(C(=O)Cc4cnc(N5C=NN=CCC5C)cn4)CC3CO2)ccc2c1COC2=O. The van der Waals surface area contributed by atoms with Crippen molar-refractivity contribution >= 4 is 30.2 Å². The highest BCUT2D eigenvalue weighted by molar-refractivity contribution is 5.94. The summed E-state index contributed by atoms with van der Waals surface area (Å²) in [4.78, 5) is 40.3. The lowest BCUT2D eigenvalue weighted by Crippen LogP contribution is -2.59. The minimum Gasteiger partial charge on any atom is -0.457 e. The van der Waals surface area contributed by atoms with Gasteiger partial charge in [-0.3, -0.25) is 14.7 Å². The van der Waals surface area contributed by atoms with Gasteiger partial charge in [-0.05, 0) is 31.0 Å². The average molecular weight is 518 g/mol. The highest BCUT2D eigenvalue weighted by atomic mass is 16.5. The smallest absolute Gasteiger partial charge is 0.338 e. The van der Waals surface area contributed by atoms with Crippen LogP contribution in [0.2, 0.25) is 0 Å². The predicted molar refractivity (Wildman–Crippen MR) is 140 cm³/mol. The molecule has 3 unspecified atom stereocenters. The van der Waals surface area contributed by atoms with Crippen molar-refractivity contribution < 1.29 is 19.1 Å². The largest absolute Gasteiger partial charge is 0.457 e. The number of cyclic esters (lactones) is 1. The highest BCUT2D eigenvalue weighted by Crippen LogP contribution is 2.33. The summed E-state index contributed by atoms with van der Waals surface area (Å²) in [7, 11) is 0. The second-order valence-electron chi connectivity index (χ2n) is 10.3. The summed E-state index contributed by atoms with van der Waals surface area (Å²) in [6, 6.07) is 4.17. The molecule has 11 nitrogen and oxygen atoms in total. The average Bonchev–Trinajstić information content (AvgIpc) is 3.18. The molecule has 4 aliphatic rings. The Morgan fingerprint density at radius 3 is 2.87 bits per heavy atom. The van der Waals surface area contributed by atoms with E-state index in [0.717, 1.165) is 36.2 Å². The molecule has 2 fully saturated rings. The molecule has 1 amide bonds. The van der Waals surface area contributed by atoms with Crippen molar-refractivity contribution in [3.8, 4) is 0 Å². The number of fused-ring (bicyclic) bond motifs is 2. The quantitative estimate of drug-likeness (QED) is 0.565. The summed E-state index contributed by atoms with van der Waals surface area (Å²) in [5, 5.41) is 7.95. The number of amides is 1. The number of hydrogen-bond acceptors (Lipinski definition) is 10. The van der Waals surface area contributed by atoms with Crippen LogP contribution in [0.3, 0.4) is 0 Å². The van der Waals surface area contributed by atoms with Crippen LogP contribution in [0.25, 0.3) is 0 Å². The lowest BCUT2D eigenvalue weighted by Gasteiger charge is -2.46. The van der Waals surface area contributed by atoms with Crippen molar-refractivity contribution in [2.45, 2.75) is 51.5 Å². The van der Waals surface area contributed by atoms with E-state index < -0.39 is 0 Å². The van der Waals surface area contributed by atoms with Gasteiger partial charge in [0.25, 0.3) is 0 Å². The van der Waals surface area contributed by atoms with Crippen molar-refractivity contribution in [2.24, 2.45) is 10.2 Å². The van der Waals surface area contributed by atoms with Crippen LogP contribution >= 0.6 is 0 Å². The topological polar surface area (TPSA) is 113 Å². The van der Waals surface area contributed by atoms with Crippen molar-refractivity contribution in [3.63, 3.8) is 0 Å². The van der Waals surface area contributed by atoms with E-state index in [2.05, 4.69) is 32.0 Å². The third-order valence-corrected chi connectivity index (χ3v) is 7.94. The van der Waals surface area contributed by atoms with E-state index in [9.17, 15) is 9.59 Å². The van der Waals surface area contributed by atoms with Gasteiger partial charge in [-0.25, -0.2) is 9.78 Å². The molecule has 0 bridgehead atoms. The Hall–Kier alpha value is -3.70. The molecule has 5 heterocycles. The number of aromatic nitrogens is 2. The molecule has 0 saturated carbocycles. The number of carbonyl (C=O) groups is 2. The van der Waals surface area contributed by atoms with Crippen molar-refractivity contribution in [1.82, 2.24) is 19.8 Å². The molecule has 6 rings (SSSR count). The lowest BCUT2D eigenvalue weighted by atomic mass is 9.94. The van der Waals surface area contributed by atoms with Gasteiger partial charge < -0.3 is 19.3 Å². The van der Waals surface area contributed by atoms with Crippen LogP contribution in [0.5, 0.6) is 0 Å². The predicted octanol–water partition coefficient (Wildman–Crippen LogP) is 1.89. The van der Waals surface area contributed by atoms with E-state index in [-0.39, 0.29) is 36.5 Å². The van der Waals surface area contributed by atoms with Crippen LogP contribution < -0.4 is 4.90 Å². The standard InChI is InChI=1S/C27H31N7O4/c1-17-5-6-30-31-16-34(17)25-11-28-19(10-29-25)9-26(35)33-8-7-32-13-24(37-14-20(32)12-33)21-3-4-22-23(18(21)2)15-38-27(22)36/h3-4,6,10-11,16-17,20,24H,5,7-9,12-15H2,1-2H3. The Balaban J connectivity index is 1.05. The maximum Gasteiger partial charge on any atom is 0.338 e. The van der Waals surface area contributed by atoms with Crippen molar-refractivity contribution in [1.29, 1.82) is 0 Å². The molecule has 3 atom stereocenters. The molecule has 4 aliphatic heterocycles. The van der Waals surface area contributed by atoms with Crippen molar-refractivity contribution in [2.75, 3.05) is 37.7 Å². The molecular weight excluding hydrogens is 486 g/mol. The van der Waals surface area contributed by atoms with E-state index in [4.69, 9.17) is 9.47 Å². The maximum atomic E-state index is 13.1. The molecular formula is C27H31N7O4. The summed E-state index contributed by atoms with van der Waals surface area (Å²) >= 11 is 0. The summed E-state index contributed by atoms with van der Waals surface area (Å²) in [6.45, 7) is 7.84. The van der Waals surface area contributed by atoms with E-state index in [1.54, 1.807) is 24.9 Å². The summed E-state index contributed by atoms with van der Waals surface area (Å²) in [5.74, 6) is 0.479. The fourth-order valence-electron chi connectivity index (χ4n) is 5.60. The van der Waals surface area contributed by atoms with Gasteiger partial charge in [-0.2, -0.15) is 5.10 Å². The van der Waals surface area contributed by atoms with Gasteiger partial charge in [0.05, 0.1) is 48.8 Å². The summed E-state index contributed by atoms with van der Waals surface area (Å²) in [6.07, 6.45) is 7.71. The minimum absolute atomic E-state index is 0.0473. The van der Waals surface area contributed by atoms with Gasteiger partial charge in [0.15, 0.2) is 5.82 Å². The first-order valence-electron chi connectivity index (χ1n) is 13.0. The molecule has 0 N–H and O–H groups in total. The normalized spacial score (nSPS) is 25.1. The number of morpholine rings is 1. The zero-order chi connectivity index (χ0) is 26.2. The van der Waals surface area contributed by atoms with E-state index in [1.165, 1.54) is 0 Å². The second-order valence-corrected chi connectivity index (χ2v) is 10.3. The van der Waals surface area contributed by atoms with Gasteiger partial charge >= 0.3 is 5.97 Å². The van der Waals surface area contributed by atoms with E-state index in [0.29, 0.717) is 43.4 Å². The Kier molecular flexibility index (Phi) is 6.62. The number of anilines is 1. The number of nitrogens with zero attached hydrogens (tertiary/aromatic N) is 7. The van der Waals surface area contributed by atoms with Crippen LogP contribution in [-0.2, 0) is 27.3 Å². The van der Waals surface area contributed by atoms with Crippen molar-refractivity contribution in [3.05, 3.63) is 52.5 Å². The van der Waals surface area contributed by atoms with E-state index in [1.807, 2.05) is 28.9 Å². The third-order valence-electron chi connectivity index (χ3n) is 7.94. The van der Waals surface area contributed by atoms with Gasteiger partial charge in [0, 0.05) is 50.4 Å². The number of hydrogen-bond donors (Lipinski definition) is 0. The van der Waals surface area contributed by atoms with Crippen LogP contribution in [-0.4, -0.2) is 89.1 Å². The second kappa shape index (κ2) is 10.2. The Bertz CT molecular complexity index is 1300. The molecule has 0 radical (unpaired) electrons. The first-order valence-corrected chi connectivity index (χ1v) is 13.0. The molecule has 0 aliphatic carbocycles. The van der Waals surface area contributed by atoms with Crippen LogP contribution in [0.4, 0.5) is 5.82 Å². The molecule has 2 aromatic rings. The number of ether oxygens (including phenoxy) is 2. The first kappa shape index (κ1) is 24.6. The number of esters is 1. The molecule has 0 spiro atoms. The zero-order valence-electron chi connectivity index (χ0n) is 21.6. The maximum absolute atomic E-state index is 13.1. The Morgan fingerprint density at radius 2 is 2.03 bits per heavy atom. The van der Waals surface area contributed by atoms with Gasteiger partial charge in [0.1, 0.15) is 12.9 Å². The summed E-state index contributed by atoms with van der Waals surface area (Å²) < 4.78 is 11.5. The van der Waals surface area contributed by atoms with Gasteiger partial charge in [-0.1, -0.05) is 6.07 Å². The number of carbonyl (C=O) groups excluding carboxylic acids is 2. The molecule has 198 valence electrons. The van der Waals surface area contributed by atoms with Gasteiger partial charge in [0.2, 0.25) is 5.91 Å². The molecule has 11 heteroatoms. The summed E-state index contributed by atoms with van der Waals surface area (Å²) in [5.41, 5.74) is 4.45. The Morgan fingerprint density at radius 1 is 1.13 bits per heavy atom. The first-order chi connectivity index (χ1) is 18.5. The molecule has 38 heavy (non-hydrogen) atoms. The van der Waals surface area contributed by atoms with Crippen LogP contribution in [0, 0.1) is 6.92 Å². The number of piperazine rings is 1. The minimum atomic E-state index is -0.251. The fraction of sp³-hybridized carbons (Fsp3) is 0.481. The monoisotopic (exact) mass is 517 g/mol. The lowest BCUT2D eigenvalue weighted by molar-refractivity contribution is -0.139. The van der Waals surface area contributed by atoms with Gasteiger partial charge in [-0.15, -0.1) is 5.10 Å². The van der Waals surface area contributed by atoms with E-state index >= 15 is 0 Å². The molecule has 1 aromatic carbocycles. The van der Waals surface area contributed by atoms with Crippen LogP contribution in [0.1, 0.15) is 52.2 Å². The zero-order valence-corrected chi connectivity index (χ0v) is 21.6. The number of benzene rings is 1.